The molecular formula is C17H25N3S. The van der Waals surface area contributed by atoms with Gasteiger partial charge in [0.15, 0.2) is 0 Å². The van der Waals surface area contributed by atoms with Crippen LogP contribution in [0.3, 0.4) is 0 Å². The van der Waals surface area contributed by atoms with Crippen LogP contribution in [0.1, 0.15) is 44.2 Å². The molecule has 0 spiro atoms. The highest BCUT2D eigenvalue weighted by molar-refractivity contribution is 7.17. The van der Waals surface area contributed by atoms with E-state index in [-0.39, 0.29) is 0 Å². The van der Waals surface area contributed by atoms with Crippen LogP contribution < -0.4 is 5.32 Å². The van der Waals surface area contributed by atoms with Crippen molar-refractivity contribution in [3.63, 3.8) is 0 Å². The zero-order chi connectivity index (χ0) is 14.9. The van der Waals surface area contributed by atoms with Gasteiger partial charge in [0.1, 0.15) is 0 Å². The van der Waals surface area contributed by atoms with E-state index in [1.807, 2.05) is 6.20 Å². The van der Waals surface area contributed by atoms with E-state index < -0.39 is 0 Å². The highest BCUT2D eigenvalue weighted by Crippen LogP contribution is 2.33. The molecule has 1 saturated carbocycles. The molecule has 114 valence electrons. The lowest BCUT2D eigenvalue weighted by Gasteiger charge is -2.37. The minimum atomic E-state index is 0.342. The third-order valence-corrected chi connectivity index (χ3v) is 5.90. The largest absolute Gasteiger partial charge is 0.308 e. The second-order valence-electron chi connectivity index (χ2n) is 6.50. The summed E-state index contributed by atoms with van der Waals surface area (Å²) in [5.41, 5.74) is 2.74. The van der Waals surface area contributed by atoms with E-state index >= 15 is 0 Å². The maximum Gasteiger partial charge on any atom is 0.0809 e. The molecule has 2 heterocycles. The van der Waals surface area contributed by atoms with Crippen LogP contribution in [0.25, 0.3) is 10.2 Å². The van der Waals surface area contributed by atoms with E-state index in [0.717, 1.165) is 12.1 Å². The lowest BCUT2D eigenvalue weighted by Crippen LogP contribution is -2.50. The Hall–Kier alpha value is -0.970. The molecule has 1 atom stereocenters. The van der Waals surface area contributed by atoms with Gasteiger partial charge in [0.2, 0.25) is 0 Å². The molecule has 0 bridgehead atoms. The van der Waals surface area contributed by atoms with Crippen molar-refractivity contribution < 1.29 is 0 Å². The van der Waals surface area contributed by atoms with Crippen molar-refractivity contribution >= 4 is 21.6 Å². The number of aromatic nitrogens is 1. The first-order chi connectivity index (χ1) is 10.1. The average molecular weight is 303 g/mol. The van der Waals surface area contributed by atoms with E-state index in [2.05, 4.69) is 53.7 Å². The van der Waals surface area contributed by atoms with E-state index in [1.54, 1.807) is 11.3 Å². The van der Waals surface area contributed by atoms with Crippen molar-refractivity contribution in [3.8, 4) is 0 Å². The summed E-state index contributed by atoms with van der Waals surface area (Å²) in [5.74, 6) is 0. The smallest absolute Gasteiger partial charge is 0.0809 e. The molecular weight excluding hydrogens is 278 g/mol. The van der Waals surface area contributed by atoms with Crippen LogP contribution in [0.15, 0.2) is 23.7 Å². The molecule has 1 N–H and O–H groups in total. The van der Waals surface area contributed by atoms with Crippen LogP contribution in [0.5, 0.6) is 0 Å². The van der Waals surface area contributed by atoms with Crippen LogP contribution in [0, 0.1) is 0 Å². The van der Waals surface area contributed by atoms with Crippen molar-refractivity contribution in [2.45, 2.75) is 44.2 Å². The molecule has 1 aliphatic carbocycles. The molecule has 0 saturated heterocycles. The summed E-state index contributed by atoms with van der Waals surface area (Å²) in [5, 5.41) is 5.85. The summed E-state index contributed by atoms with van der Waals surface area (Å²) >= 11 is 1.77. The Kier molecular flexibility index (Phi) is 4.29. The molecule has 0 aromatic carbocycles. The number of likely N-dealkylation sites (N-methyl/N-ethyl adjacent to an activating group) is 1. The highest BCUT2D eigenvalue weighted by Gasteiger charge is 2.35. The number of nitrogens with one attached hydrogen (secondary N) is 1. The van der Waals surface area contributed by atoms with Gasteiger partial charge in [-0.1, -0.05) is 12.8 Å². The number of fused-ring (bicyclic) bond motifs is 1. The topological polar surface area (TPSA) is 28.2 Å². The zero-order valence-electron chi connectivity index (χ0n) is 13.2. The lowest BCUT2D eigenvalue weighted by atomic mass is 9.95. The Bertz CT molecular complexity index is 599. The summed E-state index contributed by atoms with van der Waals surface area (Å²) in [7, 11) is 4.44. The van der Waals surface area contributed by atoms with Crippen LogP contribution in [-0.2, 0) is 0 Å². The molecule has 2 aromatic rings. The zero-order valence-corrected chi connectivity index (χ0v) is 14.0. The Morgan fingerprint density at radius 1 is 1.38 bits per heavy atom. The van der Waals surface area contributed by atoms with Crippen LogP contribution in [0.2, 0.25) is 0 Å². The van der Waals surface area contributed by atoms with Gasteiger partial charge < -0.3 is 10.2 Å². The summed E-state index contributed by atoms with van der Waals surface area (Å²) < 4.78 is 1.28. The molecule has 0 amide bonds. The van der Waals surface area contributed by atoms with Crippen molar-refractivity contribution in [2.24, 2.45) is 0 Å². The van der Waals surface area contributed by atoms with Gasteiger partial charge in [0.25, 0.3) is 0 Å². The van der Waals surface area contributed by atoms with E-state index in [0.29, 0.717) is 11.6 Å². The Balaban J connectivity index is 1.69. The normalized spacial score (nSPS) is 19.4. The highest BCUT2D eigenvalue weighted by atomic mass is 32.1. The van der Waals surface area contributed by atoms with E-state index in [9.17, 15) is 0 Å². The molecule has 1 unspecified atom stereocenters. The van der Waals surface area contributed by atoms with Gasteiger partial charge in [-0.2, -0.15) is 0 Å². The molecule has 4 heteroatoms. The first kappa shape index (κ1) is 14.9. The Labute approximate surface area is 131 Å². The van der Waals surface area contributed by atoms with Gasteiger partial charge in [-0.05, 0) is 56.9 Å². The third-order valence-electron chi connectivity index (χ3n) is 5.04. The second kappa shape index (κ2) is 6.03. The van der Waals surface area contributed by atoms with Gasteiger partial charge in [0.05, 0.1) is 10.2 Å². The molecule has 1 fully saturated rings. The first-order valence-electron chi connectivity index (χ1n) is 7.85. The minimum absolute atomic E-state index is 0.342. The van der Waals surface area contributed by atoms with Crippen LogP contribution in [0.4, 0.5) is 0 Å². The fraction of sp³-hybridized carbons (Fsp3) is 0.588. The molecule has 2 aromatic heterocycles. The number of rotatable bonds is 5. The monoisotopic (exact) mass is 303 g/mol. The number of hydrogen-bond acceptors (Lipinski definition) is 4. The molecule has 3 nitrogen and oxygen atoms in total. The number of pyridine rings is 1. The van der Waals surface area contributed by atoms with E-state index in [1.165, 1.54) is 35.9 Å². The number of hydrogen-bond donors (Lipinski definition) is 1. The summed E-state index contributed by atoms with van der Waals surface area (Å²) in [6, 6.07) is 4.71. The molecule has 21 heavy (non-hydrogen) atoms. The quantitative estimate of drug-likeness (QED) is 0.910. The van der Waals surface area contributed by atoms with Crippen molar-refractivity contribution in [1.82, 2.24) is 15.2 Å². The fourth-order valence-electron chi connectivity index (χ4n) is 3.37. The van der Waals surface area contributed by atoms with Crippen molar-refractivity contribution in [3.05, 3.63) is 29.3 Å². The van der Waals surface area contributed by atoms with Gasteiger partial charge in [-0.25, -0.2) is 0 Å². The standard InChI is InChI=1S/C17H25N3S/c1-13(14-10-16-15(18-11-14)6-9-21-16)19-12-17(20(2)3)7-4-5-8-17/h6,9-11,13,19H,4-5,7-8,12H2,1-3H3. The SMILES string of the molecule is CC(NCC1(N(C)C)CCCC1)c1cnc2ccsc2c1. The molecule has 0 radical (unpaired) electrons. The summed E-state index contributed by atoms with van der Waals surface area (Å²) in [6.07, 6.45) is 7.35. The maximum absolute atomic E-state index is 4.55. The van der Waals surface area contributed by atoms with Gasteiger partial charge in [-0.15, -0.1) is 11.3 Å². The molecule has 1 aliphatic rings. The molecule has 3 rings (SSSR count). The van der Waals surface area contributed by atoms with Crippen molar-refractivity contribution in [1.29, 1.82) is 0 Å². The summed E-state index contributed by atoms with van der Waals surface area (Å²) in [4.78, 5) is 6.97. The van der Waals surface area contributed by atoms with Gasteiger partial charge >= 0.3 is 0 Å². The van der Waals surface area contributed by atoms with Crippen LogP contribution in [-0.4, -0.2) is 36.1 Å². The predicted molar refractivity (Wildman–Crippen MR) is 90.9 cm³/mol. The first-order valence-corrected chi connectivity index (χ1v) is 8.73. The predicted octanol–water partition coefficient (Wildman–Crippen LogP) is 3.82. The fourth-order valence-corrected chi connectivity index (χ4v) is 4.16. The van der Waals surface area contributed by atoms with Crippen LogP contribution >= 0.6 is 11.3 Å². The van der Waals surface area contributed by atoms with E-state index in [4.69, 9.17) is 0 Å². The average Bonchev–Trinajstić information content (AvgIpc) is 3.13. The Morgan fingerprint density at radius 2 is 2.14 bits per heavy atom. The van der Waals surface area contributed by atoms with Gasteiger partial charge in [-0.3, -0.25) is 4.98 Å². The van der Waals surface area contributed by atoms with Crippen molar-refractivity contribution in [2.75, 3.05) is 20.6 Å². The second-order valence-corrected chi connectivity index (χ2v) is 7.45. The number of thiophene rings is 1. The summed E-state index contributed by atoms with van der Waals surface area (Å²) in [6.45, 7) is 3.30. The Morgan fingerprint density at radius 3 is 2.86 bits per heavy atom. The lowest BCUT2D eigenvalue weighted by molar-refractivity contribution is 0.150. The maximum atomic E-state index is 4.55. The molecule has 0 aliphatic heterocycles. The van der Waals surface area contributed by atoms with Gasteiger partial charge in [0, 0.05) is 24.3 Å². The number of nitrogens with zero attached hydrogens (tertiary/aromatic N) is 2. The minimum Gasteiger partial charge on any atom is -0.308 e. The third kappa shape index (κ3) is 2.98.